The summed E-state index contributed by atoms with van der Waals surface area (Å²) in [5.74, 6) is 4.02. The molecule has 8 heteroatoms. The van der Waals surface area contributed by atoms with Gasteiger partial charge in [0.2, 0.25) is 0 Å². The van der Waals surface area contributed by atoms with E-state index in [9.17, 15) is 9.59 Å². The lowest BCUT2D eigenvalue weighted by atomic mass is 10.0. The van der Waals surface area contributed by atoms with Crippen LogP contribution in [-0.4, -0.2) is 52.2 Å². The molecule has 80 heavy (non-hydrogen) atoms. The van der Waals surface area contributed by atoms with Crippen LogP contribution in [0.3, 0.4) is 0 Å². The number of carbonyl (C=O) groups excluding carboxylic acids is 2. The molecule has 0 heterocycles. The number of aldehydes is 2. The summed E-state index contributed by atoms with van der Waals surface area (Å²) >= 11 is 0. The van der Waals surface area contributed by atoms with Crippen molar-refractivity contribution >= 4 is 36.9 Å². The van der Waals surface area contributed by atoms with Gasteiger partial charge in [-0.25, -0.2) is 0 Å². The molecular formula is C72H114O8. The summed E-state index contributed by atoms with van der Waals surface area (Å²) in [7, 11) is 0. The van der Waals surface area contributed by atoms with Gasteiger partial charge >= 0.3 is 0 Å². The van der Waals surface area contributed by atoms with Gasteiger partial charge in [-0.2, -0.15) is 0 Å². The van der Waals surface area contributed by atoms with Crippen molar-refractivity contribution in [2.45, 2.75) is 273 Å². The lowest BCUT2D eigenvalue weighted by molar-refractivity contribution is 0.111. The largest absolute Gasteiger partial charge is 0.493 e. The van der Waals surface area contributed by atoms with Crippen molar-refractivity contribution in [3.8, 4) is 34.5 Å². The lowest BCUT2D eigenvalue weighted by Gasteiger charge is -2.17. The molecule has 3 aromatic rings. The highest BCUT2D eigenvalue weighted by Gasteiger charge is 2.16. The smallest absolute Gasteiger partial charge is 0.153 e. The maximum atomic E-state index is 12.6. The molecule has 0 amide bonds. The van der Waals surface area contributed by atoms with Gasteiger partial charge in [0.15, 0.2) is 12.6 Å². The first-order valence-corrected chi connectivity index (χ1v) is 33.0. The van der Waals surface area contributed by atoms with Crippen molar-refractivity contribution in [3.63, 3.8) is 0 Å². The van der Waals surface area contributed by atoms with Crippen molar-refractivity contribution in [3.05, 3.63) is 69.8 Å². The zero-order chi connectivity index (χ0) is 57.4. The van der Waals surface area contributed by atoms with Crippen LogP contribution in [0.4, 0.5) is 0 Å². The summed E-state index contributed by atoms with van der Waals surface area (Å²) in [4.78, 5) is 25.2. The zero-order valence-corrected chi connectivity index (χ0v) is 51.9. The number of rotatable bonds is 54. The minimum Gasteiger partial charge on any atom is -0.493 e. The minimum atomic E-state index is 0.504. The second-order valence-electron chi connectivity index (χ2n) is 22.4. The minimum absolute atomic E-state index is 0.504. The van der Waals surface area contributed by atoms with Crippen LogP contribution in [0.15, 0.2) is 36.4 Å². The molecule has 3 aromatic carbocycles. The van der Waals surface area contributed by atoms with Crippen LogP contribution in [0.2, 0.25) is 0 Å². The van der Waals surface area contributed by atoms with Gasteiger partial charge in [-0.3, -0.25) is 9.59 Å². The number of benzene rings is 3. The molecular weight excluding hydrogens is 993 g/mol. The molecule has 0 spiro atoms. The van der Waals surface area contributed by atoms with Crippen LogP contribution in [0.1, 0.15) is 316 Å². The highest BCUT2D eigenvalue weighted by molar-refractivity contribution is 5.86. The normalized spacial score (nSPS) is 11.5. The van der Waals surface area contributed by atoms with Crippen LogP contribution in [0, 0.1) is 0 Å². The summed E-state index contributed by atoms with van der Waals surface area (Å²) in [6.45, 7) is 16.9. The maximum absolute atomic E-state index is 12.6. The van der Waals surface area contributed by atoms with Crippen molar-refractivity contribution < 1.29 is 38.0 Å². The third-order valence-electron chi connectivity index (χ3n) is 15.1. The third kappa shape index (κ3) is 30.9. The molecule has 450 valence electrons. The monoisotopic (exact) mass is 1110 g/mol. The van der Waals surface area contributed by atoms with E-state index < -0.39 is 0 Å². The Morgan fingerprint density at radius 3 is 0.550 bits per heavy atom. The Morgan fingerprint density at radius 1 is 0.225 bits per heavy atom. The fourth-order valence-corrected chi connectivity index (χ4v) is 9.98. The second kappa shape index (κ2) is 47.9. The van der Waals surface area contributed by atoms with Gasteiger partial charge in [-0.1, -0.05) is 258 Å². The van der Waals surface area contributed by atoms with E-state index in [1.165, 1.54) is 154 Å². The Balaban J connectivity index is 2.17. The average Bonchev–Trinajstić information content (AvgIpc) is 3.47. The van der Waals surface area contributed by atoms with Crippen LogP contribution < -0.4 is 28.4 Å². The number of hydrogen-bond donors (Lipinski definition) is 0. The Kier molecular flexibility index (Phi) is 41.6. The summed E-state index contributed by atoms with van der Waals surface area (Å²) in [6, 6.07) is 11.9. The Hall–Kier alpha value is -4.72. The molecule has 0 aliphatic carbocycles. The third-order valence-corrected chi connectivity index (χ3v) is 15.1. The van der Waals surface area contributed by atoms with Crippen LogP contribution in [0.5, 0.6) is 34.5 Å². The molecule has 0 bridgehead atoms. The molecule has 0 saturated heterocycles. The summed E-state index contributed by atoms with van der Waals surface area (Å²) < 4.78 is 39.4. The number of carbonyl (C=O) groups is 2. The lowest BCUT2D eigenvalue weighted by Crippen LogP contribution is -2.04. The van der Waals surface area contributed by atoms with Crippen LogP contribution >= 0.6 is 0 Å². The van der Waals surface area contributed by atoms with Crippen molar-refractivity contribution in [1.82, 2.24) is 0 Å². The molecule has 0 N–H and O–H groups in total. The van der Waals surface area contributed by atoms with Gasteiger partial charge in [0.1, 0.15) is 34.5 Å². The summed E-state index contributed by atoms with van der Waals surface area (Å²) in [5.41, 5.74) is 4.49. The molecule has 0 unspecified atom stereocenters. The molecule has 0 fully saturated rings. The highest BCUT2D eigenvalue weighted by Crippen LogP contribution is 2.37. The molecule has 0 aromatic heterocycles. The fourth-order valence-electron chi connectivity index (χ4n) is 9.98. The molecule has 8 nitrogen and oxygen atoms in total. The standard InChI is InChI=1S/C72H114O8/c1-7-13-19-25-31-37-47-75-67-53-62(44-46-64-56-72(80-52-42-36-30-24-18-12-6)66(60-74)58-70(64)78-50-40-34-28-22-16-10-4)68(76-48-38-32-26-20-14-8-2)54-61(67)43-45-63-55-71(79-51-41-35-29-23-17-11-5)65(59-73)57-69(63)77-49-39-33-27-21-15-9-3/h43-46,53-60H,7-42,47-52H2,1-6H3/b45-43+,46-44+. The fraction of sp³-hybridized carbons (Fsp3) is 0.667. The summed E-state index contributed by atoms with van der Waals surface area (Å²) in [6.07, 6.45) is 52.0. The summed E-state index contributed by atoms with van der Waals surface area (Å²) in [5, 5.41) is 0. The quantitative estimate of drug-likeness (QED) is 0.0314. The van der Waals surface area contributed by atoms with E-state index in [4.69, 9.17) is 28.4 Å². The Labute approximate surface area is 489 Å². The molecule has 0 aliphatic rings. The highest BCUT2D eigenvalue weighted by atomic mass is 16.5. The van der Waals surface area contributed by atoms with Crippen molar-refractivity contribution in [2.24, 2.45) is 0 Å². The topological polar surface area (TPSA) is 89.5 Å². The molecule has 0 aliphatic heterocycles. The van der Waals surface area contributed by atoms with E-state index in [0.29, 0.717) is 73.8 Å². The van der Waals surface area contributed by atoms with E-state index in [-0.39, 0.29) is 0 Å². The first kappa shape index (κ1) is 69.5. The Bertz CT molecular complexity index is 1940. The first-order valence-electron chi connectivity index (χ1n) is 33.0. The van der Waals surface area contributed by atoms with E-state index in [1.807, 2.05) is 24.3 Å². The molecule has 0 atom stereocenters. The van der Waals surface area contributed by atoms with Crippen molar-refractivity contribution in [2.75, 3.05) is 39.6 Å². The average molecular weight is 1110 g/mol. The van der Waals surface area contributed by atoms with Gasteiger partial charge < -0.3 is 28.4 Å². The molecule has 0 saturated carbocycles. The van der Waals surface area contributed by atoms with Crippen LogP contribution in [-0.2, 0) is 0 Å². The van der Waals surface area contributed by atoms with Crippen molar-refractivity contribution in [1.29, 1.82) is 0 Å². The molecule has 3 rings (SSSR count). The predicted octanol–water partition coefficient (Wildman–Crippen LogP) is 22.1. The molecule has 0 radical (unpaired) electrons. The van der Waals surface area contributed by atoms with Gasteiger partial charge in [-0.05, 0) is 74.9 Å². The van der Waals surface area contributed by atoms with Gasteiger partial charge in [0.05, 0.1) is 50.8 Å². The zero-order valence-electron chi connectivity index (χ0n) is 51.9. The van der Waals surface area contributed by atoms with E-state index in [0.717, 1.165) is 123 Å². The SMILES string of the molecule is CCCCCCCCOc1cc(/C=C/c2cc(OCCCCCCCC)c(/C=C/c3cc(OCCCCCCCC)c(C=O)cc3OCCCCCCCC)cc2OCCCCCCCC)c(OCCCCCCCC)cc1C=O. The number of hydrogen-bond acceptors (Lipinski definition) is 8. The maximum Gasteiger partial charge on any atom is 0.153 e. The van der Waals surface area contributed by atoms with E-state index in [1.54, 1.807) is 0 Å². The van der Waals surface area contributed by atoms with Gasteiger partial charge in [0.25, 0.3) is 0 Å². The van der Waals surface area contributed by atoms with E-state index >= 15 is 0 Å². The second-order valence-corrected chi connectivity index (χ2v) is 22.4. The van der Waals surface area contributed by atoms with Crippen LogP contribution in [0.25, 0.3) is 24.3 Å². The van der Waals surface area contributed by atoms with Gasteiger partial charge in [0, 0.05) is 22.3 Å². The number of ether oxygens (including phenoxy) is 6. The van der Waals surface area contributed by atoms with Gasteiger partial charge in [-0.15, -0.1) is 0 Å². The Morgan fingerprint density at radius 2 is 0.375 bits per heavy atom. The predicted molar refractivity (Wildman–Crippen MR) is 341 cm³/mol. The first-order chi connectivity index (χ1) is 39.5. The van der Waals surface area contributed by atoms with E-state index in [2.05, 4.69) is 78.0 Å². The number of unbranched alkanes of at least 4 members (excludes halogenated alkanes) is 30.